The molecule has 210 valence electrons. The Morgan fingerprint density at radius 3 is 2.21 bits per heavy atom. The van der Waals surface area contributed by atoms with Gasteiger partial charge in [0, 0.05) is 13.0 Å². The second-order valence-electron chi connectivity index (χ2n) is 8.57. The number of carbonyl (C=O) groups excluding carboxylic acids is 3. The van der Waals surface area contributed by atoms with Crippen molar-refractivity contribution >= 4 is 29.7 Å². The molecule has 2 aromatic rings. The maximum absolute atomic E-state index is 13.1. The number of amides is 3. The van der Waals surface area contributed by atoms with E-state index >= 15 is 0 Å². The van der Waals surface area contributed by atoms with Gasteiger partial charge in [-0.15, -0.1) is 0 Å². The Morgan fingerprint density at radius 1 is 0.897 bits per heavy atom. The van der Waals surface area contributed by atoms with Crippen LogP contribution >= 0.6 is 0 Å². The lowest BCUT2D eigenvalue weighted by atomic mass is 10.0. The molecule has 0 aliphatic carbocycles. The summed E-state index contributed by atoms with van der Waals surface area (Å²) in [4.78, 5) is 52.4. The Labute approximate surface area is 226 Å². The van der Waals surface area contributed by atoms with E-state index in [0.29, 0.717) is 24.3 Å². The van der Waals surface area contributed by atoms with Gasteiger partial charge in [0.15, 0.2) is 5.96 Å². The monoisotopic (exact) mass is 541 g/mol. The summed E-state index contributed by atoms with van der Waals surface area (Å²) in [5.41, 5.74) is 17.5. The van der Waals surface area contributed by atoms with Gasteiger partial charge in [-0.25, -0.2) is 4.79 Å². The molecule has 0 aliphatic heterocycles. The number of benzene rings is 2. The molecule has 2 atom stereocenters. The van der Waals surface area contributed by atoms with Gasteiger partial charge in [-0.05, 0) is 36.1 Å². The minimum absolute atomic E-state index is 0.0573. The molecule has 13 heteroatoms. The number of carboxylic acids is 1. The average molecular weight is 542 g/mol. The minimum Gasteiger partial charge on any atom is -0.489 e. The van der Waals surface area contributed by atoms with Crippen LogP contribution in [0.1, 0.15) is 24.0 Å². The van der Waals surface area contributed by atoms with E-state index in [0.717, 1.165) is 5.56 Å². The van der Waals surface area contributed by atoms with Gasteiger partial charge >= 0.3 is 5.97 Å². The number of aliphatic imine (C=N–C) groups is 1. The number of guanidine groups is 1. The Bertz CT molecular complexity index is 1120. The van der Waals surface area contributed by atoms with Crippen molar-refractivity contribution < 1.29 is 29.0 Å². The fourth-order valence-electron chi connectivity index (χ4n) is 3.44. The maximum atomic E-state index is 13.1. The molecular formula is C26H35N7O6. The number of carboxylic acid groups (broad SMARTS) is 1. The highest BCUT2D eigenvalue weighted by Crippen LogP contribution is 2.16. The van der Waals surface area contributed by atoms with Crippen molar-refractivity contribution in [3.63, 3.8) is 0 Å². The molecule has 2 aromatic carbocycles. The second kappa shape index (κ2) is 16.2. The quantitative estimate of drug-likeness (QED) is 0.0784. The highest BCUT2D eigenvalue weighted by molar-refractivity contribution is 5.92. The summed E-state index contributed by atoms with van der Waals surface area (Å²) < 4.78 is 5.78. The Morgan fingerprint density at radius 2 is 1.59 bits per heavy atom. The van der Waals surface area contributed by atoms with Crippen LogP contribution in [-0.4, -0.2) is 66.5 Å². The summed E-state index contributed by atoms with van der Waals surface area (Å²) in [6.07, 6.45) is 0.433. The standard InChI is InChI=1S/C26H35N7O6/c27-14-22(34)31-15-23(35)32-21(24(36)33-20(25(37)38)7-4-12-30-26(28)29)13-17-8-10-19(11-9-17)39-16-18-5-2-1-3-6-18/h1-3,5-6,8-11,20-21H,4,7,12-16,27H2,(H,31,34)(H,32,35)(H,33,36)(H,37,38)(H4,28,29,30)/t20-,21+/m0/s1. The molecule has 0 aromatic heterocycles. The third-order valence-electron chi connectivity index (χ3n) is 5.45. The smallest absolute Gasteiger partial charge is 0.326 e. The topological polar surface area (TPSA) is 224 Å². The third-order valence-corrected chi connectivity index (χ3v) is 5.45. The van der Waals surface area contributed by atoms with E-state index in [4.69, 9.17) is 21.9 Å². The lowest BCUT2D eigenvalue weighted by Gasteiger charge is -2.22. The van der Waals surface area contributed by atoms with Gasteiger partial charge in [-0.2, -0.15) is 0 Å². The van der Waals surface area contributed by atoms with Gasteiger partial charge in [0.1, 0.15) is 24.4 Å². The van der Waals surface area contributed by atoms with Crippen LogP contribution in [0.3, 0.4) is 0 Å². The Balaban J connectivity index is 2.07. The van der Waals surface area contributed by atoms with E-state index in [9.17, 15) is 24.3 Å². The van der Waals surface area contributed by atoms with Crippen molar-refractivity contribution in [2.45, 2.75) is 38.0 Å². The largest absolute Gasteiger partial charge is 0.489 e. The van der Waals surface area contributed by atoms with Gasteiger partial charge in [0.05, 0.1) is 13.1 Å². The molecule has 0 radical (unpaired) electrons. The SMILES string of the molecule is NCC(=O)NCC(=O)N[C@H](Cc1ccc(OCc2ccccc2)cc1)C(=O)N[C@@H](CCCN=C(N)N)C(=O)O. The van der Waals surface area contributed by atoms with Gasteiger partial charge in [-0.1, -0.05) is 42.5 Å². The first-order valence-corrected chi connectivity index (χ1v) is 12.3. The Kier molecular flexibility index (Phi) is 12.7. The van der Waals surface area contributed by atoms with Crippen molar-refractivity contribution in [3.05, 3.63) is 65.7 Å². The molecule has 10 N–H and O–H groups in total. The minimum atomic E-state index is -1.24. The zero-order valence-corrected chi connectivity index (χ0v) is 21.5. The molecule has 0 bridgehead atoms. The summed E-state index contributed by atoms with van der Waals surface area (Å²) in [7, 11) is 0. The average Bonchev–Trinajstić information content (AvgIpc) is 2.92. The lowest BCUT2D eigenvalue weighted by Crippen LogP contribution is -2.54. The zero-order chi connectivity index (χ0) is 28.6. The zero-order valence-electron chi connectivity index (χ0n) is 21.5. The second-order valence-corrected chi connectivity index (χ2v) is 8.57. The number of nitrogens with zero attached hydrogens (tertiary/aromatic N) is 1. The van der Waals surface area contributed by atoms with Crippen LogP contribution in [0.4, 0.5) is 0 Å². The molecule has 13 nitrogen and oxygen atoms in total. The van der Waals surface area contributed by atoms with E-state index in [1.54, 1.807) is 24.3 Å². The van der Waals surface area contributed by atoms with Crippen LogP contribution in [0.15, 0.2) is 59.6 Å². The summed E-state index contributed by atoms with van der Waals surface area (Å²) in [5, 5.41) is 16.9. The predicted molar refractivity (Wildman–Crippen MR) is 144 cm³/mol. The van der Waals surface area contributed by atoms with E-state index in [1.807, 2.05) is 30.3 Å². The molecule has 0 fully saturated rings. The molecule has 39 heavy (non-hydrogen) atoms. The highest BCUT2D eigenvalue weighted by Gasteiger charge is 2.26. The lowest BCUT2D eigenvalue weighted by molar-refractivity contribution is -0.142. The molecule has 3 amide bonds. The number of hydrogen-bond acceptors (Lipinski definition) is 7. The van der Waals surface area contributed by atoms with E-state index in [2.05, 4.69) is 20.9 Å². The number of hydrogen-bond donors (Lipinski definition) is 7. The van der Waals surface area contributed by atoms with E-state index in [1.165, 1.54) is 0 Å². The van der Waals surface area contributed by atoms with Crippen LogP contribution in [-0.2, 0) is 32.2 Å². The van der Waals surface area contributed by atoms with Crippen molar-refractivity contribution in [1.29, 1.82) is 0 Å². The van der Waals surface area contributed by atoms with Crippen LogP contribution in [0, 0.1) is 0 Å². The van der Waals surface area contributed by atoms with Crippen LogP contribution in [0.2, 0.25) is 0 Å². The molecule has 0 heterocycles. The number of rotatable bonds is 16. The number of aliphatic carboxylic acids is 1. The summed E-state index contributed by atoms with van der Waals surface area (Å²) in [6, 6.07) is 14.3. The van der Waals surface area contributed by atoms with E-state index < -0.39 is 42.3 Å². The van der Waals surface area contributed by atoms with Gasteiger partial charge in [-0.3, -0.25) is 19.4 Å². The van der Waals surface area contributed by atoms with Crippen molar-refractivity contribution in [2.24, 2.45) is 22.2 Å². The van der Waals surface area contributed by atoms with Crippen LogP contribution in [0.25, 0.3) is 0 Å². The molecule has 0 saturated carbocycles. The highest BCUT2D eigenvalue weighted by atomic mass is 16.5. The van der Waals surface area contributed by atoms with Gasteiger partial charge in [0.2, 0.25) is 17.7 Å². The number of carbonyl (C=O) groups is 4. The van der Waals surface area contributed by atoms with Crippen molar-refractivity contribution in [3.8, 4) is 5.75 Å². The number of nitrogens with one attached hydrogen (secondary N) is 3. The molecule has 0 unspecified atom stereocenters. The molecule has 2 rings (SSSR count). The fourth-order valence-corrected chi connectivity index (χ4v) is 3.44. The summed E-state index contributed by atoms with van der Waals surface area (Å²) >= 11 is 0. The maximum Gasteiger partial charge on any atom is 0.326 e. The number of ether oxygens (including phenoxy) is 1. The van der Waals surface area contributed by atoms with E-state index in [-0.39, 0.29) is 31.9 Å². The first-order valence-electron chi connectivity index (χ1n) is 12.3. The Hall–Kier alpha value is -4.65. The molecule has 0 saturated heterocycles. The first kappa shape index (κ1) is 30.6. The van der Waals surface area contributed by atoms with Crippen LogP contribution in [0.5, 0.6) is 5.75 Å². The van der Waals surface area contributed by atoms with Crippen molar-refractivity contribution in [2.75, 3.05) is 19.6 Å². The summed E-state index contributed by atoms with van der Waals surface area (Å²) in [5.74, 6) is -2.63. The van der Waals surface area contributed by atoms with Gasteiger partial charge < -0.3 is 43.0 Å². The molecule has 0 aliphatic rings. The normalized spacial score (nSPS) is 11.9. The number of nitrogens with two attached hydrogens (primary N) is 3. The third kappa shape index (κ3) is 12.0. The van der Waals surface area contributed by atoms with Crippen LogP contribution < -0.4 is 37.9 Å². The van der Waals surface area contributed by atoms with Gasteiger partial charge in [0.25, 0.3) is 0 Å². The summed E-state index contributed by atoms with van der Waals surface area (Å²) in [6.45, 7) is -0.111. The predicted octanol–water partition coefficient (Wildman–Crippen LogP) is -1.01. The molecular weight excluding hydrogens is 506 g/mol. The van der Waals surface area contributed by atoms with Crippen molar-refractivity contribution in [1.82, 2.24) is 16.0 Å². The first-order chi connectivity index (χ1) is 18.7. The fraction of sp³-hybridized carbons (Fsp3) is 0.346. The molecule has 0 spiro atoms.